The van der Waals surface area contributed by atoms with Crippen molar-refractivity contribution in [3.05, 3.63) is 0 Å². The van der Waals surface area contributed by atoms with E-state index < -0.39 is 0 Å². The number of rotatable bonds is 3. The van der Waals surface area contributed by atoms with Crippen molar-refractivity contribution in [2.45, 2.75) is 27.7 Å². The monoisotopic (exact) mass is 129 g/mol. The minimum absolute atomic E-state index is 0.439. The quantitative estimate of drug-likeness (QED) is 0.613. The first kappa shape index (κ1) is 8.96. The lowest BCUT2D eigenvalue weighted by molar-refractivity contribution is 0.244. The van der Waals surface area contributed by atoms with Crippen molar-refractivity contribution in [2.24, 2.45) is 11.3 Å². The summed E-state index contributed by atoms with van der Waals surface area (Å²) in [6, 6.07) is 0. The number of nitrogens with one attached hydrogen (secondary N) is 1. The maximum atomic E-state index is 3.19. The average Bonchev–Trinajstić information content (AvgIpc) is 1.65. The SMILES string of the molecule is CNCC(C)(C)C(C)C. The molecule has 0 unspecified atom stereocenters. The highest BCUT2D eigenvalue weighted by Gasteiger charge is 2.20. The van der Waals surface area contributed by atoms with Crippen LogP contribution in [-0.2, 0) is 0 Å². The molecule has 0 aliphatic rings. The van der Waals surface area contributed by atoms with E-state index in [4.69, 9.17) is 0 Å². The minimum atomic E-state index is 0.439. The second-order valence-corrected chi connectivity index (χ2v) is 3.67. The van der Waals surface area contributed by atoms with E-state index in [1.807, 2.05) is 7.05 Å². The Morgan fingerprint density at radius 3 is 1.89 bits per heavy atom. The third-order valence-electron chi connectivity index (χ3n) is 2.20. The molecule has 0 rings (SSSR count). The third-order valence-corrected chi connectivity index (χ3v) is 2.20. The van der Waals surface area contributed by atoms with E-state index in [9.17, 15) is 0 Å². The van der Waals surface area contributed by atoms with E-state index in [2.05, 4.69) is 33.0 Å². The standard InChI is InChI=1S/C8H19N/c1-7(2)8(3,4)6-9-5/h7,9H,6H2,1-5H3. The van der Waals surface area contributed by atoms with Gasteiger partial charge in [0.15, 0.2) is 0 Å². The first-order chi connectivity index (χ1) is 4.00. The van der Waals surface area contributed by atoms with Gasteiger partial charge in [0, 0.05) is 6.54 Å². The van der Waals surface area contributed by atoms with Gasteiger partial charge in [-0.05, 0) is 18.4 Å². The molecule has 0 aromatic carbocycles. The van der Waals surface area contributed by atoms with Crippen LogP contribution in [0, 0.1) is 11.3 Å². The molecule has 0 aromatic heterocycles. The summed E-state index contributed by atoms with van der Waals surface area (Å²) in [5, 5.41) is 3.19. The van der Waals surface area contributed by atoms with Crippen LogP contribution in [0.15, 0.2) is 0 Å². The molecule has 0 aliphatic heterocycles. The van der Waals surface area contributed by atoms with Crippen molar-refractivity contribution >= 4 is 0 Å². The summed E-state index contributed by atoms with van der Waals surface area (Å²) in [6.07, 6.45) is 0. The van der Waals surface area contributed by atoms with Gasteiger partial charge in [0.25, 0.3) is 0 Å². The zero-order chi connectivity index (χ0) is 7.49. The van der Waals surface area contributed by atoms with Crippen LogP contribution in [0.4, 0.5) is 0 Å². The Morgan fingerprint density at radius 1 is 1.33 bits per heavy atom. The summed E-state index contributed by atoms with van der Waals surface area (Å²) in [5.41, 5.74) is 0.439. The Kier molecular flexibility index (Phi) is 3.20. The Balaban J connectivity index is 3.70. The van der Waals surface area contributed by atoms with Gasteiger partial charge in [-0.3, -0.25) is 0 Å². The van der Waals surface area contributed by atoms with Crippen molar-refractivity contribution in [3.63, 3.8) is 0 Å². The average molecular weight is 129 g/mol. The summed E-state index contributed by atoms with van der Waals surface area (Å²) >= 11 is 0. The van der Waals surface area contributed by atoms with Gasteiger partial charge < -0.3 is 5.32 Å². The molecule has 9 heavy (non-hydrogen) atoms. The minimum Gasteiger partial charge on any atom is -0.319 e. The summed E-state index contributed by atoms with van der Waals surface area (Å²) in [5.74, 6) is 0.755. The fourth-order valence-corrected chi connectivity index (χ4v) is 0.660. The van der Waals surface area contributed by atoms with E-state index in [1.165, 1.54) is 0 Å². The molecule has 0 fully saturated rings. The second-order valence-electron chi connectivity index (χ2n) is 3.67. The van der Waals surface area contributed by atoms with Crippen LogP contribution >= 0.6 is 0 Å². The molecule has 0 aliphatic carbocycles. The summed E-state index contributed by atoms with van der Waals surface area (Å²) < 4.78 is 0. The predicted octanol–water partition coefficient (Wildman–Crippen LogP) is 1.89. The molecule has 0 heterocycles. The highest BCUT2D eigenvalue weighted by atomic mass is 14.8. The van der Waals surface area contributed by atoms with Crippen molar-refractivity contribution in [2.75, 3.05) is 13.6 Å². The molecule has 0 amide bonds. The normalized spacial score (nSPS) is 12.7. The second kappa shape index (κ2) is 3.21. The molecule has 0 bridgehead atoms. The lowest BCUT2D eigenvalue weighted by Gasteiger charge is -2.28. The fraction of sp³-hybridized carbons (Fsp3) is 1.00. The van der Waals surface area contributed by atoms with Crippen LogP contribution in [0.1, 0.15) is 27.7 Å². The van der Waals surface area contributed by atoms with E-state index in [0.717, 1.165) is 12.5 Å². The van der Waals surface area contributed by atoms with Crippen LogP contribution < -0.4 is 5.32 Å². The van der Waals surface area contributed by atoms with Crippen LogP contribution in [0.3, 0.4) is 0 Å². The van der Waals surface area contributed by atoms with E-state index >= 15 is 0 Å². The van der Waals surface area contributed by atoms with Gasteiger partial charge in [0.1, 0.15) is 0 Å². The topological polar surface area (TPSA) is 12.0 Å². The molecule has 56 valence electrons. The zero-order valence-electron chi connectivity index (χ0n) is 7.28. The van der Waals surface area contributed by atoms with Crippen LogP contribution in [-0.4, -0.2) is 13.6 Å². The fourth-order valence-electron chi connectivity index (χ4n) is 0.660. The first-order valence-corrected chi connectivity index (χ1v) is 3.65. The van der Waals surface area contributed by atoms with Gasteiger partial charge >= 0.3 is 0 Å². The Hall–Kier alpha value is -0.0400. The predicted molar refractivity (Wildman–Crippen MR) is 42.5 cm³/mol. The Labute approximate surface area is 58.8 Å². The van der Waals surface area contributed by atoms with Crippen molar-refractivity contribution in [1.29, 1.82) is 0 Å². The van der Waals surface area contributed by atoms with Gasteiger partial charge in [0.05, 0.1) is 0 Å². The molecule has 1 nitrogen and oxygen atoms in total. The lowest BCUT2D eigenvalue weighted by atomic mass is 9.81. The van der Waals surface area contributed by atoms with Gasteiger partial charge in [-0.25, -0.2) is 0 Å². The molecule has 1 N–H and O–H groups in total. The highest BCUT2D eigenvalue weighted by Crippen LogP contribution is 2.24. The molecule has 0 saturated heterocycles. The Morgan fingerprint density at radius 2 is 1.78 bits per heavy atom. The van der Waals surface area contributed by atoms with Crippen LogP contribution in [0.25, 0.3) is 0 Å². The van der Waals surface area contributed by atoms with E-state index in [1.54, 1.807) is 0 Å². The highest BCUT2D eigenvalue weighted by molar-refractivity contribution is 4.73. The number of hydrogen-bond donors (Lipinski definition) is 1. The number of hydrogen-bond acceptors (Lipinski definition) is 1. The van der Waals surface area contributed by atoms with Gasteiger partial charge in [0.2, 0.25) is 0 Å². The Bertz CT molecular complexity index is 74.6. The molecule has 0 spiro atoms. The van der Waals surface area contributed by atoms with Gasteiger partial charge in [-0.2, -0.15) is 0 Å². The van der Waals surface area contributed by atoms with E-state index in [-0.39, 0.29) is 0 Å². The maximum Gasteiger partial charge on any atom is 0.000196 e. The zero-order valence-corrected chi connectivity index (χ0v) is 7.28. The van der Waals surface area contributed by atoms with Crippen LogP contribution in [0.2, 0.25) is 0 Å². The molecular formula is C8H19N. The van der Waals surface area contributed by atoms with Crippen molar-refractivity contribution < 1.29 is 0 Å². The smallest absolute Gasteiger partial charge is 0.000196 e. The summed E-state index contributed by atoms with van der Waals surface area (Å²) in [4.78, 5) is 0. The van der Waals surface area contributed by atoms with E-state index in [0.29, 0.717) is 5.41 Å². The van der Waals surface area contributed by atoms with Crippen LogP contribution in [0.5, 0.6) is 0 Å². The molecule has 0 aromatic rings. The maximum absolute atomic E-state index is 3.19. The molecule has 0 saturated carbocycles. The largest absolute Gasteiger partial charge is 0.319 e. The summed E-state index contributed by atoms with van der Waals surface area (Å²) in [7, 11) is 2.00. The van der Waals surface area contributed by atoms with Crippen molar-refractivity contribution in [1.82, 2.24) is 5.32 Å². The summed E-state index contributed by atoms with van der Waals surface area (Å²) in [6.45, 7) is 10.2. The van der Waals surface area contributed by atoms with Crippen molar-refractivity contribution in [3.8, 4) is 0 Å². The van der Waals surface area contributed by atoms with Gasteiger partial charge in [-0.1, -0.05) is 27.7 Å². The molecular weight excluding hydrogens is 110 g/mol. The first-order valence-electron chi connectivity index (χ1n) is 3.65. The molecule has 0 radical (unpaired) electrons. The molecule has 1 heteroatoms. The lowest BCUT2D eigenvalue weighted by Crippen LogP contribution is -2.31. The van der Waals surface area contributed by atoms with Gasteiger partial charge in [-0.15, -0.1) is 0 Å². The molecule has 0 atom stereocenters. The third kappa shape index (κ3) is 2.85.